The smallest absolute Gasteiger partial charge is 0.0808 e. The van der Waals surface area contributed by atoms with Gasteiger partial charge in [0.25, 0.3) is 0 Å². The van der Waals surface area contributed by atoms with E-state index in [4.69, 9.17) is 9.47 Å². The van der Waals surface area contributed by atoms with Gasteiger partial charge in [-0.2, -0.15) is 0 Å². The van der Waals surface area contributed by atoms with Crippen molar-refractivity contribution in [1.29, 1.82) is 0 Å². The van der Waals surface area contributed by atoms with Crippen LogP contribution >= 0.6 is 0 Å². The Morgan fingerprint density at radius 2 is 1.89 bits per heavy atom. The predicted octanol–water partition coefficient (Wildman–Crippen LogP) is 3.27. The quantitative estimate of drug-likeness (QED) is 0.831. The number of hydrogen-bond acceptors (Lipinski definition) is 3. The Bertz CT molecular complexity index is 260. The van der Waals surface area contributed by atoms with E-state index in [1.165, 1.54) is 44.9 Å². The second-order valence-electron chi connectivity index (χ2n) is 7.29. The van der Waals surface area contributed by atoms with Crippen LogP contribution in [0.3, 0.4) is 0 Å². The molecule has 1 unspecified atom stereocenters. The Morgan fingerprint density at radius 3 is 2.47 bits per heavy atom. The largest absolute Gasteiger partial charge is 0.376 e. The van der Waals surface area contributed by atoms with Gasteiger partial charge in [-0.25, -0.2) is 0 Å². The van der Waals surface area contributed by atoms with Crippen molar-refractivity contribution < 1.29 is 9.47 Å². The van der Waals surface area contributed by atoms with Gasteiger partial charge in [0, 0.05) is 18.7 Å². The van der Waals surface area contributed by atoms with E-state index in [-0.39, 0.29) is 11.1 Å². The lowest BCUT2D eigenvalue weighted by molar-refractivity contribution is -0.105. The minimum Gasteiger partial charge on any atom is -0.376 e. The summed E-state index contributed by atoms with van der Waals surface area (Å²) in [6.45, 7) is 9.34. The zero-order valence-electron chi connectivity index (χ0n) is 13.0. The maximum Gasteiger partial charge on any atom is 0.0808 e. The van der Waals surface area contributed by atoms with Crippen molar-refractivity contribution in [1.82, 2.24) is 5.32 Å². The van der Waals surface area contributed by atoms with E-state index in [9.17, 15) is 0 Å². The van der Waals surface area contributed by atoms with Crippen molar-refractivity contribution in [2.75, 3.05) is 19.8 Å². The van der Waals surface area contributed by atoms with Gasteiger partial charge in [0.1, 0.15) is 0 Å². The summed E-state index contributed by atoms with van der Waals surface area (Å²) in [4.78, 5) is 0. The fourth-order valence-electron chi connectivity index (χ4n) is 3.03. The molecule has 2 fully saturated rings. The van der Waals surface area contributed by atoms with Gasteiger partial charge in [-0.05, 0) is 52.9 Å². The molecule has 2 rings (SSSR count). The monoisotopic (exact) mass is 269 g/mol. The van der Waals surface area contributed by atoms with Crippen LogP contribution in [0.1, 0.15) is 65.7 Å². The van der Waals surface area contributed by atoms with Crippen molar-refractivity contribution in [3.05, 3.63) is 0 Å². The van der Waals surface area contributed by atoms with Gasteiger partial charge in [0.05, 0.1) is 18.3 Å². The molecule has 112 valence electrons. The number of nitrogens with one attached hydrogen (secondary N) is 1. The molecule has 0 aromatic heterocycles. The van der Waals surface area contributed by atoms with Gasteiger partial charge >= 0.3 is 0 Å². The standard InChI is InChI=1S/C16H31NO2/c1-15(2,3)17-13-16(9-5-6-10-16)19-12-14-8-4-7-11-18-14/h14,17H,4-13H2,1-3H3. The van der Waals surface area contributed by atoms with Crippen molar-refractivity contribution in [2.45, 2.75) is 83.0 Å². The van der Waals surface area contributed by atoms with E-state index in [1.54, 1.807) is 0 Å². The lowest BCUT2D eigenvalue weighted by Gasteiger charge is -2.35. The molecule has 1 atom stereocenters. The summed E-state index contributed by atoms with van der Waals surface area (Å²) >= 11 is 0. The lowest BCUT2D eigenvalue weighted by Crippen LogP contribution is -2.48. The Morgan fingerprint density at radius 1 is 1.16 bits per heavy atom. The third-order valence-corrected chi connectivity index (χ3v) is 4.31. The fraction of sp³-hybridized carbons (Fsp3) is 1.00. The first-order valence-corrected chi connectivity index (χ1v) is 8.00. The number of rotatable bonds is 5. The third-order valence-electron chi connectivity index (χ3n) is 4.31. The zero-order valence-corrected chi connectivity index (χ0v) is 13.0. The van der Waals surface area contributed by atoms with Crippen LogP contribution in [-0.2, 0) is 9.47 Å². The van der Waals surface area contributed by atoms with E-state index >= 15 is 0 Å². The van der Waals surface area contributed by atoms with Gasteiger partial charge in [0.15, 0.2) is 0 Å². The first-order chi connectivity index (χ1) is 8.99. The maximum absolute atomic E-state index is 6.34. The highest BCUT2D eigenvalue weighted by Gasteiger charge is 2.36. The molecule has 19 heavy (non-hydrogen) atoms. The van der Waals surface area contributed by atoms with E-state index < -0.39 is 0 Å². The molecule has 0 aromatic rings. The lowest BCUT2D eigenvalue weighted by atomic mass is 9.99. The van der Waals surface area contributed by atoms with E-state index in [1.807, 2.05) is 0 Å². The van der Waals surface area contributed by atoms with Crippen LogP contribution in [0.25, 0.3) is 0 Å². The van der Waals surface area contributed by atoms with Gasteiger partial charge in [-0.15, -0.1) is 0 Å². The fourth-order valence-corrected chi connectivity index (χ4v) is 3.03. The van der Waals surface area contributed by atoms with Crippen LogP contribution in [-0.4, -0.2) is 37.0 Å². The Labute approximate surface area is 118 Å². The van der Waals surface area contributed by atoms with Gasteiger partial charge in [-0.3, -0.25) is 0 Å². The molecule has 3 heteroatoms. The number of ether oxygens (including phenoxy) is 2. The van der Waals surface area contributed by atoms with Gasteiger partial charge in [-0.1, -0.05) is 12.8 Å². The molecule has 1 saturated carbocycles. The Balaban J connectivity index is 1.81. The molecule has 0 amide bonds. The molecule has 1 saturated heterocycles. The average Bonchev–Trinajstić information content (AvgIpc) is 2.84. The SMILES string of the molecule is CC(C)(C)NCC1(OCC2CCCCO2)CCCC1. The van der Waals surface area contributed by atoms with Crippen LogP contribution in [0.5, 0.6) is 0 Å². The molecule has 0 spiro atoms. The highest BCUT2D eigenvalue weighted by atomic mass is 16.5. The summed E-state index contributed by atoms with van der Waals surface area (Å²) < 4.78 is 12.1. The average molecular weight is 269 g/mol. The molecule has 1 heterocycles. The summed E-state index contributed by atoms with van der Waals surface area (Å²) in [7, 11) is 0. The molecule has 0 aromatic carbocycles. The normalized spacial score (nSPS) is 27.6. The van der Waals surface area contributed by atoms with Crippen molar-refractivity contribution >= 4 is 0 Å². The minimum atomic E-state index is 0.0636. The van der Waals surface area contributed by atoms with Crippen molar-refractivity contribution in [3.63, 3.8) is 0 Å². The second kappa shape index (κ2) is 6.55. The Hall–Kier alpha value is -0.120. The summed E-state index contributed by atoms with van der Waals surface area (Å²) in [5.41, 5.74) is 0.231. The zero-order chi connectivity index (χ0) is 13.8. The van der Waals surface area contributed by atoms with Gasteiger partial charge in [0.2, 0.25) is 0 Å². The van der Waals surface area contributed by atoms with Crippen molar-refractivity contribution in [3.8, 4) is 0 Å². The van der Waals surface area contributed by atoms with Gasteiger partial charge < -0.3 is 14.8 Å². The molecule has 1 N–H and O–H groups in total. The van der Waals surface area contributed by atoms with E-state index in [0.717, 1.165) is 19.8 Å². The molecule has 0 bridgehead atoms. The molecular formula is C16H31NO2. The van der Waals surface area contributed by atoms with E-state index in [0.29, 0.717) is 6.10 Å². The first kappa shape index (κ1) is 15.3. The number of hydrogen-bond donors (Lipinski definition) is 1. The summed E-state index contributed by atoms with van der Waals surface area (Å²) in [5, 5.41) is 3.63. The molecule has 3 nitrogen and oxygen atoms in total. The molecule has 0 radical (unpaired) electrons. The molecular weight excluding hydrogens is 238 g/mol. The highest BCUT2D eigenvalue weighted by Crippen LogP contribution is 2.33. The summed E-state index contributed by atoms with van der Waals surface area (Å²) in [6, 6.07) is 0. The Kier molecular flexibility index (Phi) is 5.27. The minimum absolute atomic E-state index is 0.0636. The second-order valence-corrected chi connectivity index (χ2v) is 7.29. The highest BCUT2D eigenvalue weighted by molar-refractivity contribution is 4.91. The molecule has 1 aliphatic carbocycles. The molecule has 1 aliphatic heterocycles. The maximum atomic E-state index is 6.34. The summed E-state index contributed by atoms with van der Waals surface area (Å²) in [5.74, 6) is 0. The summed E-state index contributed by atoms with van der Waals surface area (Å²) in [6.07, 6.45) is 9.01. The topological polar surface area (TPSA) is 30.5 Å². The van der Waals surface area contributed by atoms with Crippen LogP contribution in [0.4, 0.5) is 0 Å². The predicted molar refractivity (Wildman–Crippen MR) is 78.5 cm³/mol. The van der Waals surface area contributed by atoms with E-state index in [2.05, 4.69) is 26.1 Å². The third kappa shape index (κ3) is 5.05. The first-order valence-electron chi connectivity index (χ1n) is 8.00. The van der Waals surface area contributed by atoms with Crippen LogP contribution < -0.4 is 5.32 Å². The van der Waals surface area contributed by atoms with Crippen LogP contribution in [0.2, 0.25) is 0 Å². The molecule has 2 aliphatic rings. The van der Waals surface area contributed by atoms with Crippen molar-refractivity contribution in [2.24, 2.45) is 0 Å². The van der Waals surface area contributed by atoms with Crippen LogP contribution in [0, 0.1) is 0 Å². The van der Waals surface area contributed by atoms with Crippen LogP contribution in [0.15, 0.2) is 0 Å².